The molecule has 0 bridgehead atoms. The van der Waals surface area contributed by atoms with Gasteiger partial charge in [0.05, 0.1) is 14.2 Å². The van der Waals surface area contributed by atoms with Crippen LogP contribution in [0.1, 0.15) is 26.7 Å². The van der Waals surface area contributed by atoms with E-state index in [-0.39, 0.29) is 11.5 Å². The maximum Gasteiger partial charge on any atom is 0.344 e. The van der Waals surface area contributed by atoms with Crippen molar-refractivity contribution in [3.05, 3.63) is 11.6 Å². The van der Waals surface area contributed by atoms with Crippen LogP contribution in [0.5, 0.6) is 0 Å². The van der Waals surface area contributed by atoms with Gasteiger partial charge in [-0.2, -0.15) is 0 Å². The molecule has 0 aromatic rings. The molecule has 0 aromatic heterocycles. The molecule has 0 amide bonds. The summed E-state index contributed by atoms with van der Waals surface area (Å²) in [5, 5.41) is 0. The lowest BCUT2D eigenvalue weighted by Gasteiger charge is -2.09. The SMILES string of the molecule is CCC(C=C(C(=O)OC)C(=O)OC)CC. The maximum atomic E-state index is 11.3. The van der Waals surface area contributed by atoms with Gasteiger partial charge in [-0.1, -0.05) is 19.9 Å². The second-order valence-electron chi connectivity index (χ2n) is 3.14. The minimum atomic E-state index is -0.645. The first-order valence-electron chi connectivity index (χ1n) is 4.99. The molecule has 0 fully saturated rings. The summed E-state index contributed by atoms with van der Waals surface area (Å²) in [5.74, 6) is -1.10. The van der Waals surface area contributed by atoms with Gasteiger partial charge in [0.1, 0.15) is 5.57 Å². The lowest BCUT2D eigenvalue weighted by molar-refractivity contribution is -0.144. The number of hydrogen-bond acceptors (Lipinski definition) is 4. The molecule has 0 aromatic carbocycles. The summed E-state index contributed by atoms with van der Waals surface area (Å²) < 4.78 is 9.03. The number of esters is 2. The highest BCUT2D eigenvalue weighted by Crippen LogP contribution is 2.13. The van der Waals surface area contributed by atoms with Crippen molar-refractivity contribution in [2.45, 2.75) is 26.7 Å². The number of methoxy groups -OCH3 is 2. The summed E-state index contributed by atoms with van der Waals surface area (Å²) in [6.45, 7) is 3.99. The first-order valence-corrected chi connectivity index (χ1v) is 4.99. The minimum absolute atomic E-state index is 0.0197. The molecule has 0 N–H and O–H groups in total. The van der Waals surface area contributed by atoms with Gasteiger partial charge in [0.25, 0.3) is 0 Å². The Morgan fingerprint density at radius 2 is 1.47 bits per heavy atom. The van der Waals surface area contributed by atoms with Gasteiger partial charge in [-0.15, -0.1) is 0 Å². The largest absolute Gasteiger partial charge is 0.465 e. The number of ether oxygens (including phenoxy) is 2. The predicted octanol–water partition coefficient (Wildman–Crippen LogP) is 1.70. The van der Waals surface area contributed by atoms with Gasteiger partial charge in [0.15, 0.2) is 0 Å². The van der Waals surface area contributed by atoms with Crippen LogP contribution in [0.3, 0.4) is 0 Å². The molecule has 0 heterocycles. The van der Waals surface area contributed by atoms with Gasteiger partial charge in [0, 0.05) is 0 Å². The summed E-state index contributed by atoms with van der Waals surface area (Å²) in [7, 11) is 2.48. The highest BCUT2D eigenvalue weighted by molar-refractivity contribution is 6.13. The normalized spacial score (nSPS) is 9.67. The lowest BCUT2D eigenvalue weighted by atomic mass is 10.00. The fraction of sp³-hybridized carbons (Fsp3) is 0.636. The van der Waals surface area contributed by atoms with Crippen LogP contribution >= 0.6 is 0 Å². The summed E-state index contributed by atoms with van der Waals surface area (Å²) in [6, 6.07) is 0. The van der Waals surface area contributed by atoms with Crippen LogP contribution in [-0.2, 0) is 19.1 Å². The first-order chi connectivity index (χ1) is 7.10. The smallest absolute Gasteiger partial charge is 0.344 e. The van der Waals surface area contributed by atoms with Crippen molar-refractivity contribution >= 4 is 11.9 Å². The third kappa shape index (κ3) is 4.14. The Morgan fingerprint density at radius 3 is 1.73 bits per heavy atom. The van der Waals surface area contributed by atoms with Gasteiger partial charge in [-0.25, -0.2) is 9.59 Å². The van der Waals surface area contributed by atoms with Crippen molar-refractivity contribution < 1.29 is 19.1 Å². The fourth-order valence-electron chi connectivity index (χ4n) is 1.20. The molecule has 15 heavy (non-hydrogen) atoms. The van der Waals surface area contributed by atoms with Crippen molar-refractivity contribution in [3.8, 4) is 0 Å². The van der Waals surface area contributed by atoms with E-state index in [1.165, 1.54) is 14.2 Å². The molecule has 0 saturated heterocycles. The third-order valence-corrected chi connectivity index (χ3v) is 2.26. The molecule has 0 aliphatic carbocycles. The van der Waals surface area contributed by atoms with Crippen molar-refractivity contribution in [2.24, 2.45) is 5.92 Å². The van der Waals surface area contributed by atoms with E-state index in [1.807, 2.05) is 13.8 Å². The molecule has 0 atom stereocenters. The van der Waals surface area contributed by atoms with E-state index in [9.17, 15) is 9.59 Å². The maximum absolute atomic E-state index is 11.3. The zero-order valence-corrected chi connectivity index (χ0v) is 9.70. The molecule has 0 aliphatic rings. The average Bonchev–Trinajstić information content (AvgIpc) is 2.29. The molecule has 0 radical (unpaired) electrons. The van der Waals surface area contributed by atoms with Gasteiger partial charge < -0.3 is 9.47 Å². The van der Waals surface area contributed by atoms with E-state index in [4.69, 9.17) is 0 Å². The molecule has 86 valence electrons. The zero-order chi connectivity index (χ0) is 11.8. The Balaban J connectivity index is 4.91. The molecule has 0 spiro atoms. The van der Waals surface area contributed by atoms with E-state index in [1.54, 1.807) is 6.08 Å². The Labute approximate surface area is 90.2 Å². The van der Waals surface area contributed by atoms with Gasteiger partial charge in [0.2, 0.25) is 0 Å². The molecular weight excluding hydrogens is 196 g/mol. The Kier molecular flexibility index (Phi) is 6.42. The average molecular weight is 214 g/mol. The van der Waals surface area contributed by atoms with Gasteiger partial charge in [-0.3, -0.25) is 0 Å². The van der Waals surface area contributed by atoms with Gasteiger partial charge in [-0.05, 0) is 18.8 Å². The number of carbonyl (C=O) groups is 2. The highest BCUT2D eigenvalue weighted by atomic mass is 16.5. The third-order valence-electron chi connectivity index (χ3n) is 2.26. The minimum Gasteiger partial charge on any atom is -0.465 e. The number of rotatable bonds is 5. The summed E-state index contributed by atoms with van der Waals surface area (Å²) >= 11 is 0. The van der Waals surface area contributed by atoms with Crippen LogP contribution in [-0.4, -0.2) is 26.2 Å². The number of carbonyl (C=O) groups excluding carboxylic acids is 2. The second kappa shape index (κ2) is 7.04. The quantitative estimate of drug-likeness (QED) is 0.302. The van der Waals surface area contributed by atoms with Crippen LogP contribution in [0, 0.1) is 5.92 Å². The Bertz CT molecular complexity index is 233. The van der Waals surface area contributed by atoms with Crippen LogP contribution in [0.25, 0.3) is 0 Å². The zero-order valence-electron chi connectivity index (χ0n) is 9.70. The second-order valence-corrected chi connectivity index (χ2v) is 3.14. The number of hydrogen-bond donors (Lipinski definition) is 0. The van der Waals surface area contributed by atoms with Crippen molar-refractivity contribution in [1.82, 2.24) is 0 Å². The van der Waals surface area contributed by atoms with E-state index < -0.39 is 11.9 Å². The monoisotopic (exact) mass is 214 g/mol. The van der Waals surface area contributed by atoms with E-state index in [0.29, 0.717) is 0 Å². The standard InChI is InChI=1S/C11H18O4/c1-5-8(6-2)7-9(10(12)14-3)11(13)15-4/h7-8H,5-6H2,1-4H3. The summed E-state index contributed by atoms with van der Waals surface area (Å²) in [6.07, 6.45) is 3.36. The first kappa shape index (κ1) is 13.7. The number of allylic oxidation sites excluding steroid dienone is 1. The fourth-order valence-corrected chi connectivity index (χ4v) is 1.20. The van der Waals surface area contributed by atoms with Crippen molar-refractivity contribution in [2.75, 3.05) is 14.2 Å². The molecule has 4 heteroatoms. The van der Waals surface area contributed by atoms with Gasteiger partial charge >= 0.3 is 11.9 Å². The van der Waals surface area contributed by atoms with Crippen LogP contribution < -0.4 is 0 Å². The molecule has 4 nitrogen and oxygen atoms in total. The van der Waals surface area contributed by atoms with E-state index in [2.05, 4.69) is 9.47 Å². The summed E-state index contributed by atoms with van der Waals surface area (Å²) in [4.78, 5) is 22.6. The van der Waals surface area contributed by atoms with Crippen molar-refractivity contribution in [1.29, 1.82) is 0 Å². The molecule has 0 unspecified atom stereocenters. The highest BCUT2D eigenvalue weighted by Gasteiger charge is 2.20. The van der Waals surface area contributed by atoms with Crippen LogP contribution in [0.4, 0.5) is 0 Å². The van der Waals surface area contributed by atoms with Crippen LogP contribution in [0.15, 0.2) is 11.6 Å². The topological polar surface area (TPSA) is 52.6 Å². The lowest BCUT2D eigenvalue weighted by Crippen LogP contribution is -2.17. The Morgan fingerprint density at radius 1 is 1.07 bits per heavy atom. The Hall–Kier alpha value is -1.32. The predicted molar refractivity (Wildman–Crippen MR) is 56.2 cm³/mol. The van der Waals surface area contributed by atoms with E-state index >= 15 is 0 Å². The molecular formula is C11H18O4. The van der Waals surface area contributed by atoms with E-state index in [0.717, 1.165) is 12.8 Å². The van der Waals surface area contributed by atoms with Crippen LogP contribution in [0.2, 0.25) is 0 Å². The summed E-state index contributed by atoms with van der Waals surface area (Å²) in [5.41, 5.74) is -0.0197. The molecule has 0 aliphatic heterocycles. The molecule has 0 rings (SSSR count). The van der Waals surface area contributed by atoms with Crippen molar-refractivity contribution in [3.63, 3.8) is 0 Å². The molecule has 0 saturated carbocycles.